The Labute approximate surface area is 126 Å². The van der Waals surface area contributed by atoms with Crippen molar-refractivity contribution < 1.29 is 4.74 Å². The van der Waals surface area contributed by atoms with E-state index in [1.165, 1.54) is 12.8 Å². The minimum atomic E-state index is 0.555. The van der Waals surface area contributed by atoms with Crippen molar-refractivity contribution in [1.29, 1.82) is 0 Å². The fourth-order valence-corrected chi connectivity index (χ4v) is 4.99. The van der Waals surface area contributed by atoms with Crippen LogP contribution in [0.4, 0.5) is 0 Å². The summed E-state index contributed by atoms with van der Waals surface area (Å²) in [4.78, 5) is 0. The van der Waals surface area contributed by atoms with Crippen molar-refractivity contribution >= 4 is 0 Å². The van der Waals surface area contributed by atoms with E-state index in [4.69, 9.17) is 4.74 Å². The van der Waals surface area contributed by atoms with Crippen molar-refractivity contribution in [1.82, 2.24) is 0 Å². The molecule has 4 atom stereocenters. The standard InChI is InChI=1S/C20H20O/c1-3-7-13(8-4-1)19-15-11-17-18(21-17)12-16(19)20(15)14-9-5-2-6-10-14/h1-10,15-20H,11-12H2/t15?,16?,17-,18+,19?,20?. The number of epoxide rings is 1. The Morgan fingerprint density at radius 3 is 1.48 bits per heavy atom. The zero-order valence-corrected chi connectivity index (χ0v) is 12.1. The highest BCUT2D eigenvalue weighted by atomic mass is 16.6. The molecule has 0 N–H and O–H groups in total. The molecule has 2 aromatic carbocycles. The lowest BCUT2D eigenvalue weighted by Crippen LogP contribution is -2.43. The minimum absolute atomic E-state index is 0.555. The molecule has 106 valence electrons. The summed E-state index contributed by atoms with van der Waals surface area (Å²) in [5, 5.41) is 0. The Morgan fingerprint density at radius 1 is 0.619 bits per heavy atom. The predicted molar refractivity (Wildman–Crippen MR) is 83.2 cm³/mol. The van der Waals surface area contributed by atoms with Crippen LogP contribution in [-0.2, 0) is 4.74 Å². The molecule has 1 heteroatoms. The molecular formula is C20H20O. The third kappa shape index (κ3) is 1.80. The minimum Gasteiger partial charge on any atom is -0.370 e. The smallest absolute Gasteiger partial charge is 0.0845 e. The van der Waals surface area contributed by atoms with Crippen LogP contribution in [-0.4, -0.2) is 12.2 Å². The predicted octanol–water partition coefficient (Wildman–Crippen LogP) is 4.36. The first-order valence-electron chi connectivity index (χ1n) is 8.17. The molecule has 3 saturated carbocycles. The molecule has 21 heavy (non-hydrogen) atoms. The molecule has 6 rings (SSSR count). The van der Waals surface area contributed by atoms with Crippen LogP contribution in [0.1, 0.15) is 35.8 Å². The van der Waals surface area contributed by atoms with E-state index in [0.717, 1.165) is 23.7 Å². The van der Waals surface area contributed by atoms with Gasteiger partial charge in [0.15, 0.2) is 0 Å². The van der Waals surface area contributed by atoms with Gasteiger partial charge in [-0.1, -0.05) is 60.7 Å². The van der Waals surface area contributed by atoms with E-state index >= 15 is 0 Å². The highest BCUT2D eigenvalue weighted by molar-refractivity contribution is 5.35. The summed E-state index contributed by atoms with van der Waals surface area (Å²) in [5.41, 5.74) is 3.09. The van der Waals surface area contributed by atoms with Crippen LogP contribution in [0.15, 0.2) is 60.7 Å². The maximum absolute atomic E-state index is 5.83. The van der Waals surface area contributed by atoms with Crippen molar-refractivity contribution in [3.63, 3.8) is 0 Å². The Kier molecular flexibility index (Phi) is 2.54. The van der Waals surface area contributed by atoms with Crippen molar-refractivity contribution in [2.45, 2.75) is 36.9 Å². The summed E-state index contributed by atoms with van der Waals surface area (Å²) in [7, 11) is 0. The highest BCUT2D eigenvalue weighted by Gasteiger charge is 2.60. The summed E-state index contributed by atoms with van der Waals surface area (Å²) in [6.07, 6.45) is 3.61. The van der Waals surface area contributed by atoms with Gasteiger partial charge in [-0.25, -0.2) is 0 Å². The highest BCUT2D eigenvalue weighted by Crippen LogP contribution is 2.65. The molecule has 2 bridgehead atoms. The van der Waals surface area contributed by atoms with Gasteiger partial charge in [-0.2, -0.15) is 0 Å². The largest absolute Gasteiger partial charge is 0.370 e. The van der Waals surface area contributed by atoms with Crippen LogP contribution >= 0.6 is 0 Å². The van der Waals surface area contributed by atoms with Crippen molar-refractivity contribution in [2.24, 2.45) is 11.8 Å². The van der Waals surface area contributed by atoms with Crippen molar-refractivity contribution in [2.75, 3.05) is 0 Å². The summed E-state index contributed by atoms with van der Waals surface area (Å²) in [6.45, 7) is 0. The quantitative estimate of drug-likeness (QED) is 0.742. The molecule has 2 unspecified atom stereocenters. The molecule has 1 saturated heterocycles. The van der Waals surface area contributed by atoms with E-state index in [1.807, 2.05) is 0 Å². The van der Waals surface area contributed by atoms with Gasteiger partial charge in [0.2, 0.25) is 0 Å². The monoisotopic (exact) mass is 276 g/mol. The number of ether oxygens (including phenoxy) is 1. The average molecular weight is 276 g/mol. The molecule has 1 aliphatic heterocycles. The van der Waals surface area contributed by atoms with Gasteiger partial charge < -0.3 is 4.74 Å². The maximum atomic E-state index is 5.83. The van der Waals surface area contributed by atoms with E-state index in [9.17, 15) is 0 Å². The van der Waals surface area contributed by atoms with Crippen LogP contribution in [0.3, 0.4) is 0 Å². The Morgan fingerprint density at radius 2 is 1.05 bits per heavy atom. The van der Waals surface area contributed by atoms with E-state index < -0.39 is 0 Å². The topological polar surface area (TPSA) is 12.5 Å². The molecule has 2 aromatic rings. The van der Waals surface area contributed by atoms with Gasteiger partial charge in [-0.3, -0.25) is 0 Å². The molecule has 4 fully saturated rings. The van der Waals surface area contributed by atoms with Crippen LogP contribution in [0.5, 0.6) is 0 Å². The van der Waals surface area contributed by atoms with Gasteiger partial charge in [0.05, 0.1) is 12.2 Å². The van der Waals surface area contributed by atoms with Gasteiger partial charge in [0, 0.05) is 0 Å². The van der Waals surface area contributed by atoms with Gasteiger partial charge in [0.1, 0.15) is 0 Å². The first kappa shape index (κ1) is 12.0. The normalized spacial score (nSPS) is 39.8. The number of hydrogen-bond acceptors (Lipinski definition) is 1. The second-order valence-electron chi connectivity index (χ2n) is 6.89. The lowest BCUT2D eigenvalue weighted by Gasteiger charge is -2.52. The molecule has 0 amide bonds. The van der Waals surface area contributed by atoms with Crippen LogP contribution in [0.2, 0.25) is 0 Å². The molecule has 3 aliphatic carbocycles. The third-order valence-electron chi connectivity index (χ3n) is 5.91. The second kappa shape index (κ2) is 4.45. The van der Waals surface area contributed by atoms with Crippen molar-refractivity contribution in [3.8, 4) is 0 Å². The summed E-state index contributed by atoms with van der Waals surface area (Å²) < 4.78 is 5.83. The van der Waals surface area contributed by atoms with Crippen LogP contribution < -0.4 is 0 Å². The molecule has 0 aromatic heterocycles. The van der Waals surface area contributed by atoms with Gasteiger partial charge in [-0.15, -0.1) is 0 Å². The van der Waals surface area contributed by atoms with Crippen molar-refractivity contribution in [3.05, 3.63) is 71.8 Å². The molecule has 1 nitrogen and oxygen atoms in total. The number of hydrogen-bond donors (Lipinski definition) is 0. The first-order chi connectivity index (χ1) is 10.4. The summed E-state index contributed by atoms with van der Waals surface area (Å²) in [6, 6.07) is 22.3. The summed E-state index contributed by atoms with van der Waals surface area (Å²) >= 11 is 0. The summed E-state index contributed by atoms with van der Waals surface area (Å²) in [5.74, 6) is 3.01. The van der Waals surface area contributed by atoms with Crippen LogP contribution in [0.25, 0.3) is 0 Å². The van der Waals surface area contributed by atoms with E-state index in [2.05, 4.69) is 60.7 Å². The third-order valence-corrected chi connectivity index (χ3v) is 5.91. The van der Waals surface area contributed by atoms with Gasteiger partial charge in [-0.05, 0) is 47.6 Å². The molecule has 1 heterocycles. The fourth-order valence-electron chi connectivity index (χ4n) is 4.99. The lowest BCUT2D eigenvalue weighted by atomic mass is 9.52. The lowest BCUT2D eigenvalue weighted by molar-refractivity contribution is 0.0652. The maximum Gasteiger partial charge on any atom is 0.0845 e. The van der Waals surface area contributed by atoms with E-state index in [1.54, 1.807) is 11.1 Å². The van der Waals surface area contributed by atoms with E-state index in [0.29, 0.717) is 12.2 Å². The Bertz CT molecular complexity index is 570. The Hall–Kier alpha value is -1.60. The molecular weight excluding hydrogens is 256 g/mol. The van der Waals surface area contributed by atoms with Crippen LogP contribution in [0, 0.1) is 11.8 Å². The number of rotatable bonds is 2. The zero-order chi connectivity index (χ0) is 13.8. The zero-order valence-electron chi connectivity index (χ0n) is 12.1. The SMILES string of the molecule is c1ccc(C2C3C[C@@H]4O[C@@H]4CC2C3c2ccccc2)cc1. The Balaban J connectivity index is 1.53. The van der Waals surface area contributed by atoms with Gasteiger partial charge in [0.25, 0.3) is 0 Å². The first-order valence-corrected chi connectivity index (χ1v) is 8.17. The molecule has 4 aliphatic rings. The fraction of sp³-hybridized carbons (Fsp3) is 0.400. The average Bonchev–Trinajstić information content (AvgIpc) is 3.27. The molecule has 0 radical (unpaired) electrons. The second-order valence-corrected chi connectivity index (χ2v) is 6.89. The number of benzene rings is 2. The van der Waals surface area contributed by atoms with E-state index in [-0.39, 0.29) is 0 Å². The molecule has 0 spiro atoms. The van der Waals surface area contributed by atoms with Gasteiger partial charge >= 0.3 is 0 Å².